The Labute approximate surface area is 177 Å². The fraction of sp³-hybridized carbons (Fsp3) is 0.458. The van der Waals surface area contributed by atoms with Gasteiger partial charge in [0.1, 0.15) is 5.82 Å². The molecule has 1 amide bonds. The maximum atomic E-state index is 14.9. The van der Waals surface area contributed by atoms with Crippen LogP contribution in [0.1, 0.15) is 43.0 Å². The Morgan fingerprint density at radius 3 is 2.45 bits per heavy atom. The van der Waals surface area contributed by atoms with E-state index >= 15 is 0 Å². The van der Waals surface area contributed by atoms with Gasteiger partial charge in [0.25, 0.3) is 5.91 Å². The van der Waals surface area contributed by atoms with Gasteiger partial charge in [0.05, 0.1) is 5.56 Å². The third kappa shape index (κ3) is 4.36. The summed E-state index contributed by atoms with van der Waals surface area (Å²) in [7, 11) is 0. The molecule has 3 nitrogen and oxygen atoms in total. The molecule has 0 aliphatic carbocycles. The van der Waals surface area contributed by atoms with Gasteiger partial charge in [-0.3, -0.25) is 9.69 Å². The van der Waals surface area contributed by atoms with Gasteiger partial charge < -0.3 is 4.90 Å². The second kappa shape index (κ2) is 8.88. The molecule has 0 spiro atoms. The summed E-state index contributed by atoms with van der Waals surface area (Å²) in [5.74, 6) is -0.595. The van der Waals surface area contributed by atoms with Crippen LogP contribution in [0.2, 0.25) is 0 Å². The number of hydrogen-bond donors (Lipinski definition) is 0. The van der Waals surface area contributed by atoms with Crippen molar-refractivity contribution in [2.75, 3.05) is 25.9 Å². The predicted octanol–water partition coefficient (Wildman–Crippen LogP) is 5.30. The number of nitrogens with zero attached hydrogens (tertiary/aromatic N) is 2. The third-order valence-electron chi connectivity index (χ3n) is 6.40. The third-order valence-corrected chi connectivity index (χ3v) is 7.14. The first kappa shape index (κ1) is 20.4. The van der Waals surface area contributed by atoms with Gasteiger partial charge in [-0.25, -0.2) is 4.39 Å². The highest BCUT2D eigenvalue weighted by Crippen LogP contribution is 2.28. The van der Waals surface area contributed by atoms with Crippen LogP contribution in [0, 0.1) is 5.82 Å². The molecule has 2 aliphatic heterocycles. The maximum absolute atomic E-state index is 14.9. The average Bonchev–Trinajstić information content (AvgIpc) is 3.37. The summed E-state index contributed by atoms with van der Waals surface area (Å²) in [6, 6.07) is 13.8. The molecule has 154 valence electrons. The van der Waals surface area contributed by atoms with Crippen molar-refractivity contribution in [2.24, 2.45) is 0 Å². The highest BCUT2D eigenvalue weighted by atomic mass is 32.2. The van der Waals surface area contributed by atoms with E-state index in [1.807, 2.05) is 41.5 Å². The number of carbonyl (C=O) groups excluding carboxylic acids is 1. The monoisotopic (exact) mass is 412 g/mol. The number of halogens is 1. The molecule has 2 heterocycles. The molecular formula is C24H29FN2OS. The normalized spacial score (nSPS) is 22.4. The fourth-order valence-electron chi connectivity index (χ4n) is 4.63. The Kier molecular flexibility index (Phi) is 6.26. The van der Waals surface area contributed by atoms with Gasteiger partial charge >= 0.3 is 0 Å². The van der Waals surface area contributed by atoms with E-state index in [9.17, 15) is 9.18 Å². The SMILES string of the molecule is CSc1ccc(-c2ccc(C(=O)N3CCC[C@H]3CN3CCC[C@H]3C)c(F)c2)cc1. The van der Waals surface area contributed by atoms with E-state index in [2.05, 4.69) is 11.8 Å². The van der Waals surface area contributed by atoms with Crippen molar-refractivity contribution in [2.45, 2.75) is 49.6 Å². The van der Waals surface area contributed by atoms with Crippen LogP contribution in [-0.2, 0) is 0 Å². The highest BCUT2D eigenvalue weighted by molar-refractivity contribution is 7.98. The molecular weight excluding hydrogens is 383 g/mol. The van der Waals surface area contributed by atoms with Crippen LogP contribution < -0.4 is 0 Å². The summed E-state index contributed by atoms with van der Waals surface area (Å²) in [5, 5.41) is 0. The molecule has 2 atom stereocenters. The van der Waals surface area contributed by atoms with Crippen molar-refractivity contribution >= 4 is 17.7 Å². The van der Waals surface area contributed by atoms with Gasteiger partial charge in [-0.05, 0) is 80.8 Å². The Morgan fingerprint density at radius 2 is 1.79 bits per heavy atom. The Balaban J connectivity index is 1.50. The predicted molar refractivity (Wildman–Crippen MR) is 118 cm³/mol. The first-order valence-corrected chi connectivity index (χ1v) is 11.8. The maximum Gasteiger partial charge on any atom is 0.257 e. The van der Waals surface area contributed by atoms with E-state index < -0.39 is 5.82 Å². The first-order chi connectivity index (χ1) is 14.1. The summed E-state index contributed by atoms with van der Waals surface area (Å²) in [6.07, 6.45) is 6.51. The minimum Gasteiger partial charge on any atom is -0.334 e. The quantitative estimate of drug-likeness (QED) is 0.622. The standard InChI is InChI=1S/C24H29FN2OS/c1-17-5-3-13-26(17)16-20-6-4-14-27(20)24(28)22-12-9-19(15-23(22)25)18-7-10-21(29-2)11-8-18/h7-12,15,17,20H,3-6,13-14,16H2,1-2H3/t17-,20+/m1/s1. The minimum atomic E-state index is -0.429. The van der Waals surface area contributed by atoms with E-state index in [0.717, 1.165) is 43.6 Å². The molecule has 0 bridgehead atoms. The number of carbonyl (C=O) groups is 1. The van der Waals surface area contributed by atoms with Crippen molar-refractivity contribution in [1.29, 1.82) is 0 Å². The molecule has 4 rings (SSSR count). The molecule has 0 aromatic heterocycles. The molecule has 29 heavy (non-hydrogen) atoms. The molecule has 2 fully saturated rings. The van der Waals surface area contributed by atoms with Gasteiger partial charge in [0.2, 0.25) is 0 Å². The van der Waals surface area contributed by atoms with E-state index in [4.69, 9.17) is 0 Å². The zero-order chi connectivity index (χ0) is 20.4. The van der Waals surface area contributed by atoms with Crippen LogP contribution in [-0.4, -0.2) is 53.7 Å². The summed E-state index contributed by atoms with van der Waals surface area (Å²) < 4.78 is 14.9. The van der Waals surface area contributed by atoms with Crippen LogP contribution in [0.3, 0.4) is 0 Å². The molecule has 2 aliphatic rings. The van der Waals surface area contributed by atoms with Crippen molar-refractivity contribution in [3.05, 3.63) is 53.8 Å². The second-order valence-electron chi connectivity index (χ2n) is 8.20. The van der Waals surface area contributed by atoms with Gasteiger partial charge in [0, 0.05) is 30.1 Å². The molecule has 2 aromatic rings. The van der Waals surface area contributed by atoms with Crippen LogP contribution >= 0.6 is 11.8 Å². The van der Waals surface area contributed by atoms with E-state index in [0.29, 0.717) is 6.04 Å². The lowest BCUT2D eigenvalue weighted by Crippen LogP contribution is -2.44. The number of rotatable bonds is 5. The van der Waals surface area contributed by atoms with Gasteiger partial charge in [-0.2, -0.15) is 0 Å². The molecule has 0 N–H and O–H groups in total. The molecule has 0 radical (unpaired) electrons. The fourth-order valence-corrected chi connectivity index (χ4v) is 5.04. The van der Waals surface area contributed by atoms with E-state index in [1.165, 1.54) is 23.8 Å². The van der Waals surface area contributed by atoms with Crippen LogP contribution in [0.5, 0.6) is 0 Å². The zero-order valence-corrected chi connectivity index (χ0v) is 18.1. The Hall–Kier alpha value is -1.85. The number of thioether (sulfide) groups is 1. The van der Waals surface area contributed by atoms with Gasteiger partial charge in [-0.15, -0.1) is 11.8 Å². The van der Waals surface area contributed by atoms with E-state index in [1.54, 1.807) is 17.8 Å². The topological polar surface area (TPSA) is 23.6 Å². The number of hydrogen-bond acceptors (Lipinski definition) is 3. The number of likely N-dealkylation sites (tertiary alicyclic amines) is 2. The lowest BCUT2D eigenvalue weighted by atomic mass is 10.0. The summed E-state index contributed by atoms with van der Waals surface area (Å²) in [4.78, 5) is 18.7. The van der Waals surface area contributed by atoms with Gasteiger partial charge in [0.15, 0.2) is 0 Å². The second-order valence-corrected chi connectivity index (χ2v) is 9.08. The molecule has 5 heteroatoms. The Bertz CT molecular complexity index is 870. The molecule has 0 saturated carbocycles. The van der Waals surface area contributed by atoms with Crippen LogP contribution in [0.25, 0.3) is 11.1 Å². The average molecular weight is 413 g/mol. The summed E-state index contributed by atoms with van der Waals surface area (Å²) in [5.41, 5.74) is 1.95. The number of benzene rings is 2. The minimum absolute atomic E-state index is 0.166. The van der Waals surface area contributed by atoms with Crippen LogP contribution in [0.4, 0.5) is 4.39 Å². The summed E-state index contributed by atoms with van der Waals surface area (Å²) >= 11 is 1.68. The number of amides is 1. The summed E-state index contributed by atoms with van der Waals surface area (Å²) in [6.45, 7) is 5.01. The van der Waals surface area contributed by atoms with Gasteiger partial charge in [-0.1, -0.05) is 18.2 Å². The lowest BCUT2D eigenvalue weighted by molar-refractivity contribution is 0.0692. The van der Waals surface area contributed by atoms with Crippen molar-refractivity contribution < 1.29 is 9.18 Å². The lowest BCUT2D eigenvalue weighted by Gasteiger charge is -2.31. The molecule has 0 unspecified atom stereocenters. The van der Waals surface area contributed by atoms with Crippen molar-refractivity contribution in [3.63, 3.8) is 0 Å². The molecule has 2 saturated heterocycles. The smallest absolute Gasteiger partial charge is 0.257 e. The highest BCUT2D eigenvalue weighted by Gasteiger charge is 2.33. The largest absolute Gasteiger partial charge is 0.334 e. The zero-order valence-electron chi connectivity index (χ0n) is 17.2. The first-order valence-electron chi connectivity index (χ1n) is 10.6. The van der Waals surface area contributed by atoms with Crippen molar-refractivity contribution in [1.82, 2.24) is 9.80 Å². The van der Waals surface area contributed by atoms with Crippen LogP contribution in [0.15, 0.2) is 47.4 Å². The van der Waals surface area contributed by atoms with E-state index in [-0.39, 0.29) is 17.5 Å². The van der Waals surface area contributed by atoms with Crippen molar-refractivity contribution in [3.8, 4) is 11.1 Å². The Morgan fingerprint density at radius 1 is 1.07 bits per heavy atom. The molecule has 2 aromatic carbocycles.